The number of nitrogens with one attached hydrogen (secondary N) is 3. The van der Waals surface area contributed by atoms with E-state index >= 15 is 0 Å². The number of anilines is 6. The van der Waals surface area contributed by atoms with Gasteiger partial charge in [0.1, 0.15) is 16.8 Å². The third-order valence-electron chi connectivity index (χ3n) is 10.9. The molecule has 5 aromatic rings. The molecule has 0 spiro atoms. The van der Waals surface area contributed by atoms with Crippen LogP contribution in [0, 0.1) is 0 Å². The van der Waals surface area contributed by atoms with E-state index in [0.717, 1.165) is 48.5 Å². The molecule has 16 nitrogen and oxygen atoms in total. The zero-order valence-corrected chi connectivity index (χ0v) is 33.0. The second kappa shape index (κ2) is 16.7. The molecule has 3 aliphatic rings. The molecule has 3 N–H and O–H groups in total. The van der Waals surface area contributed by atoms with E-state index in [1.54, 1.807) is 30.0 Å². The van der Waals surface area contributed by atoms with Gasteiger partial charge < -0.3 is 30.1 Å². The molecule has 17 heteroatoms. The molecule has 2 aromatic heterocycles. The van der Waals surface area contributed by atoms with Gasteiger partial charge in [0.25, 0.3) is 5.91 Å². The summed E-state index contributed by atoms with van der Waals surface area (Å²) >= 11 is 6.41. The topological polar surface area (TPSA) is 170 Å². The lowest BCUT2D eigenvalue weighted by Crippen LogP contribution is -2.54. The van der Waals surface area contributed by atoms with E-state index in [4.69, 9.17) is 16.3 Å². The van der Waals surface area contributed by atoms with Crippen molar-refractivity contribution in [1.29, 1.82) is 0 Å². The van der Waals surface area contributed by atoms with E-state index in [0.29, 0.717) is 85.0 Å². The first-order valence-corrected chi connectivity index (χ1v) is 19.7. The number of fused-ring (bicyclic) bond motifs is 1. The van der Waals surface area contributed by atoms with Gasteiger partial charge in [0.15, 0.2) is 11.6 Å². The molecule has 0 aliphatic carbocycles. The van der Waals surface area contributed by atoms with E-state index in [-0.39, 0.29) is 23.5 Å². The number of ether oxygens (including phenoxy) is 1. The number of carbonyl (C=O) groups is 4. The highest BCUT2D eigenvalue weighted by Crippen LogP contribution is 2.34. The summed E-state index contributed by atoms with van der Waals surface area (Å²) in [6, 6.07) is 18.6. The Bertz CT molecular complexity index is 2370. The summed E-state index contributed by atoms with van der Waals surface area (Å²) in [6.45, 7) is 7.63. The molecule has 3 saturated heterocycles. The predicted octanol–water partition coefficient (Wildman–Crippen LogP) is 4.63. The number of nitrogens with zero attached hydrogens (tertiary/aromatic N) is 8. The molecule has 1 atom stereocenters. The van der Waals surface area contributed by atoms with Gasteiger partial charge in [-0.05, 0) is 55.8 Å². The first kappa shape index (κ1) is 38.6. The Morgan fingerprint density at radius 2 is 1.62 bits per heavy atom. The van der Waals surface area contributed by atoms with Crippen LogP contribution in [0.2, 0.25) is 5.02 Å². The molecule has 0 saturated carbocycles. The highest BCUT2D eigenvalue weighted by molar-refractivity contribution is 6.33. The first-order chi connectivity index (χ1) is 28.1. The largest absolute Gasteiger partial charge is 0.494 e. The van der Waals surface area contributed by atoms with Crippen LogP contribution >= 0.6 is 11.6 Å². The highest BCUT2D eigenvalue weighted by atomic mass is 35.5. The smallest absolute Gasteiger partial charge is 0.251 e. The van der Waals surface area contributed by atoms with Gasteiger partial charge in [-0.15, -0.1) is 0 Å². The Hall–Kier alpha value is -6.26. The van der Waals surface area contributed by atoms with Gasteiger partial charge in [-0.2, -0.15) is 10.1 Å². The number of hydrogen-bond acceptors (Lipinski definition) is 13. The number of aromatic nitrogens is 4. The van der Waals surface area contributed by atoms with Crippen molar-refractivity contribution < 1.29 is 23.9 Å². The molecule has 3 fully saturated rings. The number of methoxy groups -OCH3 is 1. The number of imide groups is 1. The SMILES string of the molecule is COc1cc(N2CCN(C(=O)CN3CCN(c4ccc5nn(C6CCC(=O)NC6=O)cc5c4)CC3)CC2)ccc1Nc1ncc(Cl)c(Nc2ccccc2C(C)=O)n1. The molecule has 300 valence electrons. The third-order valence-corrected chi connectivity index (χ3v) is 11.1. The van der Waals surface area contributed by atoms with Crippen LogP contribution in [0.1, 0.15) is 36.2 Å². The Labute approximate surface area is 340 Å². The number of halogens is 1. The Kier molecular flexibility index (Phi) is 11.1. The van der Waals surface area contributed by atoms with Crippen LogP contribution in [0.4, 0.5) is 34.5 Å². The second-order valence-electron chi connectivity index (χ2n) is 14.6. The van der Waals surface area contributed by atoms with E-state index in [1.807, 2.05) is 47.5 Å². The molecule has 3 aliphatic heterocycles. The molecule has 0 radical (unpaired) electrons. The molecule has 0 bridgehead atoms. The van der Waals surface area contributed by atoms with Gasteiger partial charge in [0.05, 0.1) is 36.7 Å². The fourth-order valence-corrected chi connectivity index (χ4v) is 7.77. The number of carbonyl (C=O) groups excluding carboxylic acids is 4. The molecule has 58 heavy (non-hydrogen) atoms. The van der Waals surface area contributed by atoms with Gasteiger partial charge in [-0.1, -0.05) is 23.7 Å². The summed E-state index contributed by atoms with van der Waals surface area (Å²) in [6.07, 6.45) is 4.11. The van der Waals surface area contributed by atoms with Gasteiger partial charge in [-0.3, -0.25) is 34.1 Å². The number of ketones is 1. The van der Waals surface area contributed by atoms with Crippen LogP contribution in [-0.4, -0.2) is 119 Å². The summed E-state index contributed by atoms with van der Waals surface area (Å²) in [7, 11) is 1.61. The van der Waals surface area contributed by atoms with Crippen molar-refractivity contribution in [3.63, 3.8) is 0 Å². The summed E-state index contributed by atoms with van der Waals surface area (Å²) in [4.78, 5) is 67.1. The maximum atomic E-state index is 13.4. The summed E-state index contributed by atoms with van der Waals surface area (Å²) < 4.78 is 7.41. The molecular formula is C41H44ClN11O5. The number of amides is 3. The van der Waals surface area contributed by atoms with Crippen LogP contribution < -0.4 is 30.5 Å². The first-order valence-electron chi connectivity index (χ1n) is 19.3. The number of rotatable bonds is 11. The normalized spacial score (nSPS) is 17.6. The van der Waals surface area contributed by atoms with E-state index < -0.39 is 6.04 Å². The fraction of sp³-hybridized carbons (Fsp3) is 0.341. The number of piperidine rings is 1. The zero-order valence-electron chi connectivity index (χ0n) is 32.3. The summed E-state index contributed by atoms with van der Waals surface area (Å²) in [5.41, 5.74) is 4.64. The fourth-order valence-electron chi connectivity index (χ4n) is 7.63. The second-order valence-corrected chi connectivity index (χ2v) is 15.0. The van der Waals surface area contributed by atoms with Crippen LogP contribution in [-0.2, 0) is 14.4 Å². The summed E-state index contributed by atoms with van der Waals surface area (Å²) in [5, 5.41) is 14.6. The molecular weight excluding hydrogens is 762 g/mol. The average Bonchev–Trinajstić information content (AvgIpc) is 3.66. The quantitative estimate of drug-likeness (QED) is 0.125. The number of benzene rings is 3. The lowest BCUT2D eigenvalue weighted by Gasteiger charge is -2.39. The Balaban J connectivity index is 0.822. The van der Waals surface area contributed by atoms with Gasteiger partial charge in [0.2, 0.25) is 17.8 Å². The third kappa shape index (κ3) is 8.38. The molecule has 3 aromatic carbocycles. The van der Waals surface area contributed by atoms with E-state index in [2.05, 4.69) is 51.8 Å². The predicted molar refractivity (Wildman–Crippen MR) is 222 cm³/mol. The van der Waals surface area contributed by atoms with Crippen molar-refractivity contribution in [2.24, 2.45) is 0 Å². The van der Waals surface area contributed by atoms with Crippen molar-refractivity contribution in [3.05, 3.63) is 83.6 Å². The van der Waals surface area contributed by atoms with Crippen LogP contribution in [0.15, 0.2) is 73.1 Å². The van der Waals surface area contributed by atoms with Crippen molar-refractivity contribution in [2.75, 3.05) is 86.4 Å². The number of piperazine rings is 2. The van der Waals surface area contributed by atoms with E-state index in [9.17, 15) is 19.2 Å². The van der Waals surface area contributed by atoms with Gasteiger partial charge >= 0.3 is 0 Å². The Morgan fingerprint density at radius 1 is 0.897 bits per heavy atom. The van der Waals surface area contributed by atoms with Crippen LogP contribution in [0.3, 0.4) is 0 Å². The zero-order chi connectivity index (χ0) is 40.3. The maximum Gasteiger partial charge on any atom is 0.251 e. The number of para-hydroxylation sites is 1. The Morgan fingerprint density at radius 3 is 2.36 bits per heavy atom. The molecule has 1 unspecified atom stereocenters. The van der Waals surface area contributed by atoms with Crippen molar-refractivity contribution in [2.45, 2.75) is 25.8 Å². The molecule has 5 heterocycles. The number of Topliss-reactive ketones (excluding diaryl/α,β-unsaturated/α-hetero) is 1. The van der Waals surface area contributed by atoms with E-state index in [1.165, 1.54) is 13.1 Å². The highest BCUT2D eigenvalue weighted by Gasteiger charge is 2.29. The van der Waals surface area contributed by atoms with Crippen molar-refractivity contribution >= 4 is 80.5 Å². The van der Waals surface area contributed by atoms with Crippen molar-refractivity contribution in [1.82, 2.24) is 34.9 Å². The standard InChI is InChI=1S/C41H44ClN11O5/c1-26(54)30-5-3-4-6-33(30)44-39-31(42)23-43-41(47-39)45-34-10-8-29(22-36(34)58-2)51-17-19-52(20-18-51)38(56)25-49-13-15-50(16-14-49)28-7-9-32-27(21-28)24-53(48-32)35-11-12-37(55)46-40(35)57/h3-10,21-24,35H,11-20,25H2,1-2H3,(H,46,55,57)(H2,43,44,45,47). The molecule has 3 amide bonds. The summed E-state index contributed by atoms with van der Waals surface area (Å²) in [5.74, 6) is 0.747. The van der Waals surface area contributed by atoms with Crippen molar-refractivity contribution in [3.8, 4) is 5.75 Å². The lowest BCUT2D eigenvalue weighted by atomic mass is 10.1. The lowest BCUT2D eigenvalue weighted by molar-refractivity contribution is -0.136. The van der Waals surface area contributed by atoms with Crippen LogP contribution in [0.5, 0.6) is 5.75 Å². The number of hydrogen-bond donors (Lipinski definition) is 3. The monoisotopic (exact) mass is 805 g/mol. The van der Waals surface area contributed by atoms with Crippen LogP contribution in [0.25, 0.3) is 10.9 Å². The average molecular weight is 806 g/mol. The van der Waals surface area contributed by atoms with Gasteiger partial charge in [-0.25, -0.2) is 4.98 Å². The minimum Gasteiger partial charge on any atom is -0.494 e. The minimum atomic E-state index is -0.488. The van der Waals surface area contributed by atoms with Gasteiger partial charge in [0, 0.05) is 93.4 Å². The minimum absolute atomic E-state index is 0.0798. The molecule has 8 rings (SSSR count). The maximum absolute atomic E-state index is 13.4.